The van der Waals surface area contributed by atoms with E-state index < -0.39 is 5.97 Å². The SMILES string of the molecule is CCC(=O)N1CCc2cc(C(=O)Oc3ccc(C#N)cc3OC)ccc21. The van der Waals surface area contributed by atoms with Crippen LogP contribution >= 0.6 is 0 Å². The number of nitriles is 1. The highest BCUT2D eigenvalue weighted by Crippen LogP contribution is 2.31. The second-order valence-electron chi connectivity index (χ2n) is 5.86. The summed E-state index contributed by atoms with van der Waals surface area (Å²) in [6.45, 7) is 2.46. The molecule has 2 aromatic carbocycles. The Morgan fingerprint density at radius 1 is 1.19 bits per heavy atom. The van der Waals surface area contributed by atoms with Crippen LogP contribution in [0.2, 0.25) is 0 Å². The summed E-state index contributed by atoms with van der Waals surface area (Å²) in [5, 5.41) is 8.93. The molecular formula is C20H18N2O4. The Kier molecular flexibility index (Phi) is 4.90. The van der Waals surface area contributed by atoms with Crippen LogP contribution in [0.3, 0.4) is 0 Å². The molecule has 3 rings (SSSR count). The summed E-state index contributed by atoms with van der Waals surface area (Å²) in [5.74, 6) is 0.121. The van der Waals surface area contributed by atoms with Gasteiger partial charge in [-0.05, 0) is 42.3 Å². The van der Waals surface area contributed by atoms with Crippen molar-refractivity contribution in [3.63, 3.8) is 0 Å². The van der Waals surface area contributed by atoms with Gasteiger partial charge in [0.25, 0.3) is 0 Å². The van der Waals surface area contributed by atoms with Gasteiger partial charge in [0.2, 0.25) is 5.91 Å². The lowest BCUT2D eigenvalue weighted by Crippen LogP contribution is -2.27. The molecule has 0 atom stereocenters. The Hall–Kier alpha value is -3.33. The number of rotatable bonds is 4. The highest BCUT2D eigenvalue weighted by atomic mass is 16.6. The molecule has 132 valence electrons. The number of methoxy groups -OCH3 is 1. The highest BCUT2D eigenvalue weighted by Gasteiger charge is 2.25. The van der Waals surface area contributed by atoms with Gasteiger partial charge in [-0.15, -0.1) is 0 Å². The maximum atomic E-state index is 12.5. The van der Waals surface area contributed by atoms with Crippen LogP contribution in [0, 0.1) is 11.3 Å². The fourth-order valence-corrected chi connectivity index (χ4v) is 2.96. The fourth-order valence-electron chi connectivity index (χ4n) is 2.96. The first-order chi connectivity index (χ1) is 12.6. The van der Waals surface area contributed by atoms with Crippen LogP contribution in [0.1, 0.15) is 34.8 Å². The third-order valence-electron chi connectivity index (χ3n) is 4.31. The molecule has 0 unspecified atom stereocenters. The van der Waals surface area contributed by atoms with Gasteiger partial charge in [-0.1, -0.05) is 6.92 Å². The number of hydrogen-bond donors (Lipinski definition) is 0. The molecular weight excluding hydrogens is 332 g/mol. The van der Waals surface area contributed by atoms with Gasteiger partial charge in [-0.25, -0.2) is 4.79 Å². The predicted octanol–water partition coefficient (Wildman–Crippen LogP) is 3.09. The fraction of sp³-hybridized carbons (Fsp3) is 0.250. The second kappa shape index (κ2) is 7.28. The molecule has 1 aliphatic rings. The Morgan fingerprint density at radius 2 is 2.00 bits per heavy atom. The Balaban J connectivity index is 1.82. The summed E-state index contributed by atoms with van der Waals surface area (Å²) in [6, 6.07) is 11.8. The van der Waals surface area contributed by atoms with Crippen LogP contribution in [-0.4, -0.2) is 25.5 Å². The Morgan fingerprint density at radius 3 is 2.69 bits per heavy atom. The van der Waals surface area contributed by atoms with Crippen molar-refractivity contribution in [2.24, 2.45) is 0 Å². The van der Waals surface area contributed by atoms with Crippen molar-refractivity contribution < 1.29 is 19.1 Å². The van der Waals surface area contributed by atoms with E-state index in [0.717, 1.165) is 11.3 Å². The maximum Gasteiger partial charge on any atom is 0.343 e. The Labute approximate surface area is 151 Å². The normalized spacial score (nSPS) is 12.3. The summed E-state index contributed by atoms with van der Waals surface area (Å²) in [5.41, 5.74) is 2.62. The third kappa shape index (κ3) is 3.24. The van der Waals surface area contributed by atoms with Crippen molar-refractivity contribution in [2.75, 3.05) is 18.6 Å². The summed E-state index contributed by atoms with van der Waals surface area (Å²) < 4.78 is 10.6. The van der Waals surface area contributed by atoms with E-state index in [1.807, 2.05) is 13.0 Å². The molecule has 1 aliphatic heterocycles. The van der Waals surface area contributed by atoms with Crippen molar-refractivity contribution in [1.82, 2.24) is 0 Å². The topological polar surface area (TPSA) is 79.6 Å². The van der Waals surface area contributed by atoms with E-state index in [2.05, 4.69) is 0 Å². The van der Waals surface area contributed by atoms with Crippen LogP contribution in [0.4, 0.5) is 5.69 Å². The molecule has 1 heterocycles. The van der Waals surface area contributed by atoms with Gasteiger partial charge in [-0.3, -0.25) is 4.79 Å². The maximum absolute atomic E-state index is 12.5. The number of nitrogens with zero attached hydrogens (tertiary/aromatic N) is 2. The zero-order valence-electron chi connectivity index (χ0n) is 14.6. The average Bonchev–Trinajstić information content (AvgIpc) is 3.10. The van der Waals surface area contributed by atoms with E-state index in [1.165, 1.54) is 19.2 Å². The van der Waals surface area contributed by atoms with Crippen molar-refractivity contribution in [3.8, 4) is 17.6 Å². The third-order valence-corrected chi connectivity index (χ3v) is 4.31. The molecule has 6 nitrogen and oxygen atoms in total. The molecule has 1 amide bonds. The number of carbonyl (C=O) groups is 2. The zero-order valence-corrected chi connectivity index (χ0v) is 14.6. The van der Waals surface area contributed by atoms with Crippen molar-refractivity contribution in [1.29, 1.82) is 5.26 Å². The van der Waals surface area contributed by atoms with Crippen LogP contribution in [0.5, 0.6) is 11.5 Å². The van der Waals surface area contributed by atoms with E-state index in [1.54, 1.807) is 29.2 Å². The minimum absolute atomic E-state index is 0.0707. The predicted molar refractivity (Wildman–Crippen MR) is 95.5 cm³/mol. The molecule has 6 heteroatoms. The molecule has 0 saturated carbocycles. The molecule has 0 N–H and O–H groups in total. The first-order valence-electron chi connectivity index (χ1n) is 8.31. The Bertz CT molecular complexity index is 915. The number of hydrogen-bond acceptors (Lipinski definition) is 5. The van der Waals surface area contributed by atoms with Gasteiger partial charge in [0.1, 0.15) is 0 Å². The van der Waals surface area contributed by atoms with Gasteiger partial charge in [-0.2, -0.15) is 5.26 Å². The molecule has 0 radical (unpaired) electrons. The summed E-state index contributed by atoms with van der Waals surface area (Å²) in [7, 11) is 1.45. The number of fused-ring (bicyclic) bond motifs is 1. The lowest BCUT2D eigenvalue weighted by Gasteiger charge is -2.16. The standard InChI is InChI=1S/C20H18N2O4/c1-3-19(23)22-9-8-14-11-15(5-6-16(14)22)20(24)26-17-7-4-13(12-21)10-18(17)25-2/h4-7,10-11H,3,8-9H2,1-2H3. The van der Waals surface area contributed by atoms with Crippen molar-refractivity contribution >= 4 is 17.6 Å². The van der Waals surface area contributed by atoms with E-state index in [9.17, 15) is 9.59 Å². The monoisotopic (exact) mass is 350 g/mol. The lowest BCUT2D eigenvalue weighted by atomic mass is 10.1. The molecule has 2 aromatic rings. The highest BCUT2D eigenvalue weighted by molar-refractivity contribution is 5.97. The van der Waals surface area contributed by atoms with E-state index in [-0.39, 0.29) is 11.7 Å². The van der Waals surface area contributed by atoms with Gasteiger partial charge >= 0.3 is 5.97 Å². The van der Waals surface area contributed by atoms with Crippen molar-refractivity contribution in [2.45, 2.75) is 19.8 Å². The van der Waals surface area contributed by atoms with Crippen LogP contribution in [-0.2, 0) is 11.2 Å². The minimum atomic E-state index is -0.518. The van der Waals surface area contributed by atoms with E-state index in [4.69, 9.17) is 14.7 Å². The first kappa shape index (κ1) is 17.5. The molecule has 0 fully saturated rings. The molecule has 0 spiro atoms. The summed E-state index contributed by atoms with van der Waals surface area (Å²) in [4.78, 5) is 26.2. The second-order valence-corrected chi connectivity index (χ2v) is 5.86. The van der Waals surface area contributed by atoms with Crippen LogP contribution in [0.15, 0.2) is 36.4 Å². The summed E-state index contributed by atoms with van der Waals surface area (Å²) >= 11 is 0. The minimum Gasteiger partial charge on any atom is -0.493 e. The molecule has 0 saturated heterocycles. The molecule has 0 aromatic heterocycles. The number of ether oxygens (including phenoxy) is 2. The molecule has 0 aliphatic carbocycles. The number of anilines is 1. The van der Waals surface area contributed by atoms with Crippen LogP contribution in [0.25, 0.3) is 0 Å². The molecule has 0 bridgehead atoms. The smallest absolute Gasteiger partial charge is 0.343 e. The quantitative estimate of drug-likeness (QED) is 0.625. The average molecular weight is 350 g/mol. The van der Waals surface area contributed by atoms with Gasteiger partial charge in [0.05, 0.1) is 24.3 Å². The number of esters is 1. The molecule has 26 heavy (non-hydrogen) atoms. The number of benzene rings is 2. The zero-order chi connectivity index (χ0) is 18.7. The van der Waals surface area contributed by atoms with Gasteiger partial charge in [0.15, 0.2) is 11.5 Å². The van der Waals surface area contributed by atoms with Gasteiger partial charge in [0, 0.05) is 24.7 Å². The van der Waals surface area contributed by atoms with Crippen LogP contribution < -0.4 is 14.4 Å². The first-order valence-corrected chi connectivity index (χ1v) is 8.31. The van der Waals surface area contributed by atoms with E-state index >= 15 is 0 Å². The number of amides is 1. The number of carbonyl (C=O) groups excluding carboxylic acids is 2. The largest absolute Gasteiger partial charge is 0.493 e. The van der Waals surface area contributed by atoms with Gasteiger partial charge < -0.3 is 14.4 Å². The van der Waals surface area contributed by atoms with E-state index in [0.29, 0.717) is 36.3 Å². The lowest BCUT2D eigenvalue weighted by molar-refractivity contribution is -0.118. The van der Waals surface area contributed by atoms with Crippen molar-refractivity contribution in [3.05, 3.63) is 53.1 Å². The summed E-state index contributed by atoms with van der Waals surface area (Å²) in [6.07, 6.45) is 1.16.